The van der Waals surface area contributed by atoms with Gasteiger partial charge in [-0.25, -0.2) is 27.1 Å². The monoisotopic (exact) mass is 1990 g/mol. The van der Waals surface area contributed by atoms with E-state index in [1.54, 1.807) is 60.8 Å². The van der Waals surface area contributed by atoms with Crippen molar-refractivity contribution in [3.8, 4) is 99.5 Å². The molecule has 24 nitrogen and oxygen atoms in total. The van der Waals surface area contributed by atoms with Crippen LogP contribution in [0, 0.1) is 59.2 Å². The van der Waals surface area contributed by atoms with Crippen LogP contribution in [0.15, 0.2) is 347 Å². The lowest BCUT2D eigenvalue weighted by atomic mass is 10.1. The molecule has 0 aliphatic carbocycles. The van der Waals surface area contributed by atoms with E-state index in [-0.39, 0.29) is 90.2 Å². The Bertz CT molecular complexity index is 7310. The van der Waals surface area contributed by atoms with E-state index in [0.717, 1.165) is 86.2 Å². The van der Waals surface area contributed by atoms with Gasteiger partial charge in [-0.2, -0.15) is 25.5 Å². The number of rotatable bonds is 22. The average molecular weight is 1990 g/mol. The Kier molecular flexibility index (Phi) is 42.4. The third-order valence-corrected chi connectivity index (χ3v) is 20.4. The number of para-hydroxylation sites is 1. The highest BCUT2D eigenvalue weighted by Crippen LogP contribution is 2.29. The fraction of sp³-hybridized carbons (Fsp3) is 0.0541. The second-order valence-corrected chi connectivity index (χ2v) is 31.7. The quantitative estimate of drug-likeness (QED) is 0.0130. The second kappa shape index (κ2) is 56.7. The number of carbonyl (C=O) groups excluding carboxylic acids is 5. The number of halogens is 6. The van der Waals surface area contributed by atoms with E-state index in [1.165, 1.54) is 121 Å². The molecule has 0 spiro atoms. The number of nitrogens with zero attached hydrogens (tertiary/aromatic N) is 5. The van der Waals surface area contributed by atoms with Gasteiger partial charge in [0.15, 0.2) is 0 Å². The lowest BCUT2D eigenvalue weighted by molar-refractivity contribution is -0.136. The minimum atomic E-state index is -0.883. The minimum Gasteiger partial charge on any atom is -0.508 e. The number of aryl methyl sites for hydroxylation is 1. The van der Waals surface area contributed by atoms with E-state index in [1.807, 2.05) is 152 Å². The molecule has 0 aliphatic rings. The first-order valence-corrected chi connectivity index (χ1v) is 44.6. The van der Waals surface area contributed by atoms with Crippen LogP contribution in [0.5, 0.6) is 40.2 Å². The predicted octanol–water partition coefficient (Wildman–Crippen LogP) is 21.2. The van der Waals surface area contributed by atoms with Crippen molar-refractivity contribution in [2.75, 3.05) is 6.61 Å². The highest BCUT2D eigenvalue weighted by atomic mass is 35.5. The lowest BCUT2D eigenvalue weighted by Crippen LogP contribution is -2.17. The van der Waals surface area contributed by atoms with Crippen molar-refractivity contribution in [3.63, 3.8) is 0 Å². The van der Waals surface area contributed by atoms with Crippen LogP contribution in [0.25, 0.3) is 0 Å². The van der Waals surface area contributed by atoms with Gasteiger partial charge in [0.1, 0.15) is 46.9 Å². The summed E-state index contributed by atoms with van der Waals surface area (Å²) in [5.41, 5.74) is 24.3. The third kappa shape index (κ3) is 38.2. The summed E-state index contributed by atoms with van der Waals surface area (Å²) in [6.07, 6.45) is 10.7. The average Bonchev–Trinajstić information content (AvgIpc) is 0.873. The topological polar surface area (TPSA) is 375 Å². The molecule has 0 bridgehead atoms. The molecule has 12 N–H and O–H groups in total. The van der Waals surface area contributed by atoms with Gasteiger partial charge in [-0.05, 0) is 252 Å². The van der Waals surface area contributed by atoms with Crippen molar-refractivity contribution in [1.82, 2.24) is 27.1 Å². The van der Waals surface area contributed by atoms with Crippen LogP contribution in [0.4, 0.5) is 0 Å². The summed E-state index contributed by atoms with van der Waals surface area (Å²) in [6, 6.07) is 91.7. The summed E-state index contributed by atoms with van der Waals surface area (Å²) >= 11 is 34.8. The van der Waals surface area contributed by atoms with E-state index in [4.69, 9.17) is 79.4 Å². The standard InChI is InChI=1S/C25H21ClN2O2.C23H17ClN2O3.C22H14Cl2N2O2.C22H15ClN2O3.C19H15ClN2O4/c26-23-17-22(14-15-24(23)29)25(30)28-27-18-21-13-7-12-20(16-21)11-6-2-5-10-19-8-3-1-4-9-19;24-21-15-19(11-12-22(21)27)23(28)26-25-16-18-7-4-6-17(14-18)8-5-13-29-20-9-2-1-3-10-20;23-19-9-6-15(7-10-19)4-5-16-2-1-3-17(12-16)14-25-26-22(28)18-8-11-21(27)20(24)13-18;23-20-13-18(9-10-21(20)27)22(28)25-24-14-17-5-1-3-15(11-17)7-8-16-4-2-6-19(26)12-16;20-16-11-15(8-9-17(16)23)19(26)22-21-12-14-6-3-5-13(10-14)4-1-2-7-18(24)25/h1,3-4,7-9,12-18,29H,2,5,10H2,(H,28,30);1-4,6-7,9-12,14-16,27H,13H2,(H,26,28);1-3,6-14,27H,(H,26,28);1-6,9-14,26-27H,(H,25,28);3,5-6,8-12,23H,2,7H2,(H,22,26)(H,24,25)/b27-18+;25-16+;25-14+;24-14+;21-12+. The first-order valence-electron chi connectivity index (χ1n) is 42.3. The zero-order valence-corrected chi connectivity index (χ0v) is 78.8. The second-order valence-electron chi connectivity index (χ2n) is 29.3. The van der Waals surface area contributed by atoms with E-state index in [9.17, 15) is 59.4 Å². The minimum absolute atomic E-state index is 0.00145. The van der Waals surface area contributed by atoms with Crippen LogP contribution in [-0.2, 0) is 11.2 Å². The van der Waals surface area contributed by atoms with Gasteiger partial charge >= 0.3 is 5.97 Å². The first-order chi connectivity index (χ1) is 68.2. The van der Waals surface area contributed by atoms with Crippen molar-refractivity contribution < 1.29 is 69.2 Å². The summed E-state index contributed by atoms with van der Waals surface area (Å²) < 4.78 is 5.53. The highest BCUT2D eigenvalue weighted by Gasteiger charge is 2.14. The number of carbonyl (C=O) groups is 6. The number of aliphatic carboxylic acids is 1. The molecule has 702 valence electrons. The first kappa shape index (κ1) is 105. The number of hydrogen-bond donors (Lipinski definition) is 12. The Labute approximate surface area is 842 Å². The van der Waals surface area contributed by atoms with E-state index in [2.05, 4.69) is 136 Å². The lowest BCUT2D eigenvalue weighted by Gasteiger charge is -2.02. The Hall–Kier alpha value is -17.6. The number of carboxylic acid groups (broad SMARTS) is 1. The summed E-state index contributed by atoms with van der Waals surface area (Å²) in [5.74, 6) is 27.6. The van der Waals surface area contributed by atoms with Gasteiger partial charge in [0.25, 0.3) is 29.5 Å². The number of ether oxygens (including phenoxy) is 1. The molecule has 14 aromatic rings. The molecular weight excluding hydrogens is 1910 g/mol. The fourth-order valence-corrected chi connectivity index (χ4v) is 12.6. The number of unbranched alkanes of at least 4 members (excludes halogenated alkanes) is 1. The van der Waals surface area contributed by atoms with Crippen LogP contribution in [0.2, 0.25) is 30.1 Å². The maximum absolute atomic E-state index is 12.1. The molecule has 141 heavy (non-hydrogen) atoms. The Morgan fingerprint density at radius 1 is 0.291 bits per heavy atom. The van der Waals surface area contributed by atoms with Crippen molar-refractivity contribution in [3.05, 3.63) is 452 Å². The number of hydrogen-bond acceptors (Lipinski definition) is 18. The summed E-state index contributed by atoms with van der Waals surface area (Å²) in [7, 11) is 0. The van der Waals surface area contributed by atoms with Crippen molar-refractivity contribution in [2.45, 2.75) is 32.1 Å². The molecule has 0 saturated carbocycles. The normalized spacial score (nSPS) is 10.3. The summed E-state index contributed by atoms with van der Waals surface area (Å²) in [4.78, 5) is 70.6. The van der Waals surface area contributed by atoms with Crippen LogP contribution in [0.1, 0.15) is 150 Å². The predicted molar refractivity (Wildman–Crippen MR) is 553 cm³/mol. The van der Waals surface area contributed by atoms with Gasteiger partial charge in [-0.3, -0.25) is 28.8 Å². The summed E-state index contributed by atoms with van der Waals surface area (Å²) in [5, 5.41) is 85.8. The maximum atomic E-state index is 12.1. The Morgan fingerprint density at radius 2 is 0.582 bits per heavy atom. The van der Waals surface area contributed by atoms with Gasteiger partial charge < -0.3 is 40.5 Å². The molecule has 0 unspecified atom stereocenters. The number of hydrazone groups is 5. The number of phenolic OH excluding ortho intramolecular Hbond substituents is 6. The number of phenols is 6. The molecule has 0 saturated heterocycles. The molecule has 0 fully saturated rings. The third-order valence-electron chi connectivity index (χ3n) is 18.6. The van der Waals surface area contributed by atoms with Gasteiger partial charge in [0.2, 0.25) is 0 Å². The molecule has 14 rings (SSSR count). The molecule has 5 amide bonds. The van der Waals surface area contributed by atoms with Crippen molar-refractivity contribution in [1.29, 1.82) is 0 Å². The van der Waals surface area contributed by atoms with Crippen LogP contribution < -0.4 is 31.9 Å². The zero-order valence-electron chi connectivity index (χ0n) is 74.2. The Morgan fingerprint density at radius 3 is 0.901 bits per heavy atom. The van der Waals surface area contributed by atoms with Gasteiger partial charge in [-0.1, -0.05) is 244 Å². The van der Waals surface area contributed by atoms with Gasteiger partial charge in [0.05, 0.1) is 62.6 Å². The maximum Gasteiger partial charge on any atom is 0.304 e. The largest absolute Gasteiger partial charge is 0.508 e. The fourth-order valence-electron chi connectivity index (χ4n) is 11.6. The number of amides is 5. The van der Waals surface area contributed by atoms with Gasteiger partial charge in [0, 0.05) is 84.6 Å². The van der Waals surface area contributed by atoms with Crippen LogP contribution >= 0.6 is 69.6 Å². The number of benzene rings is 14. The van der Waals surface area contributed by atoms with E-state index in [0.29, 0.717) is 27.3 Å². The molecule has 0 heterocycles. The number of nitrogens with one attached hydrogen (secondary N) is 5. The van der Waals surface area contributed by atoms with Crippen LogP contribution in [-0.4, -0.2) is 109 Å². The number of carboxylic acids is 1. The zero-order chi connectivity index (χ0) is 100. The molecule has 0 aromatic heterocycles. The molecule has 14 aromatic carbocycles. The van der Waals surface area contributed by atoms with Crippen LogP contribution in [0.3, 0.4) is 0 Å². The van der Waals surface area contributed by atoms with Crippen molar-refractivity contribution >= 4 is 136 Å². The molecule has 30 heteroatoms. The SMILES string of the molecule is O=C(N/N=C/c1cccc(C#CCCCc2ccccc2)c1)c1ccc(O)c(Cl)c1.O=C(N/N=C/c1cccc(C#CCOc2ccccc2)c1)c1ccc(O)c(Cl)c1.O=C(N/N=C/c1cccc(C#Cc2ccc(Cl)cc2)c1)c1ccc(O)c(Cl)c1.O=C(N/N=C/c1cccc(C#Cc2cccc(O)c2)c1)c1ccc(O)c(Cl)c1.O=C(O)CCC#Cc1cccc(/C=N/NC(=O)c2ccc(O)c(Cl)c2)c1. The van der Waals surface area contributed by atoms with E-state index >= 15 is 0 Å². The molecule has 0 atom stereocenters. The smallest absolute Gasteiger partial charge is 0.304 e. The summed E-state index contributed by atoms with van der Waals surface area (Å²) in [6.45, 7) is 0.285. The molecule has 0 radical (unpaired) electrons. The Balaban J connectivity index is 0.000000181. The number of aromatic hydroxyl groups is 6. The highest BCUT2D eigenvalue weighted by molar-refractivity contribution is 6.34. The molecular formula is C111H82Cl6N10O14. The van der Waals surface area contributed by atoms with Gasteiger partial charge in [-0.15, -0.1) is 0 Å². The van der Waals surface area contributed by atoms with Crippen molar-refractivity contribution in [2.24, 2.45) is 25.5 Å². The van der Waals surface area contributed by atoms with E-state index < -0.39 is 35.5 Å². The molecule has 0 aliphatic heterocycles.